The maximum Gasteiger partial charge on any atom is 0.136 e. The van der Waals surface area contributed by atoms with Gasteiger partial charge in [-0.05, 0) is 30.8 Å². The van der Waals surface area contributed by atoms with Crippen molar-refractivity contribution in [3.8, 4) is 12.3 Å². The van der Waals surface area contributed by atoms with Crippen molar-refractivity contribution >= 4 is 0 Å². The third-order valence-electron chi connectivity index (χ3n) is 2.22. The van der Waals surface area contributed by atoms with E-state index in [0.29, 0.717) is 0 Å². The standard InChI is InChI=1S/C10H14O/c1-3-10(11)9-6-4-8(2)5-7-9/h1,6,8,10-11H,4-5,7H2,2H3. The van der Waals surface area contributed by atoms with Crippen LogP contribution in [0.5, 0.6) is 0 Å². The predicted octanol–water partition coefficient (Wildman–Crippen LogP) is 1.73. The second-order valence-electron chi connectivity index (χ2n) is 3.23. The molecule has 0 fully saturated rings. The first kappa shape index (κ1) is 8.36. The smallest absolute Gasteiger partial charge is 0.136 e. The highest BCUT2D eigenvalue weighted by Crippen LogP contribution is 2.24. The topological polar surface area (TPSA) is 20.2 Å². The Balaban J connectivity index is 2.55. The molecule has 2 unspecified atom stereocenters. The fraction of sp³-hybridized carbons (Fsp3) is 0.600. The number of hydrogen-bond acceptors (Lipinski definition) is 1. The first-order chi connectivity index (χ1) is 5.24. The van der Waals surface area contributed by atoms with Gasteiger partial charge >= 0.3 is 0 Å². The SMILES string of the molecule is C#CC(O)C1=CCC(C)CC1. The lowest BCUT2D eigenvalue weighted by Crippen LogP contribution is -2.12. The molecule has 0 aromatic rings. The molecule has 1 heteroatoms. The number of aliphatic hydroxyl groups is 1. The molecular weight excluding hydrogens is 136 g/mol. The Hall–Kier alpha value is -0.740. The molecule has 11 heavy (non-hydrogen) atoms. The molecule has 1 aliphatic rings. The maximum absolute atomic E-state index is 9.26. The van der Waals surface area contributed by atoms with Crippen LogP contribution in [-0.2, 0) is 0 Å². The minimum Gasteiger partial charge on any atom is -0.376 e. The van der Waals surface area contributed by atoms with Crippen molar-refractivity contribution in [2.75, 3.05) is 0 Å². The summed E-state index contributed by atoms with van der Waals surface area (Å²) in [6, 6.07) is 0. The van der Waals surface area contributed by atoms with Gasteiger partial charge in [0.1, 0.15) is 6.10 Å². The number of hydrogen-bond donors (Lipinski definition) is 1. The Labute approximate surface area is 68.1 Å². The van der Waals surface area contributed by atoms with Gasteiger partial charge in [-0.25, -0.2) is 0 Å². The second kappa shape index (κ2) is 3.59. The van der Waals surface area contributed by atoms with E-state index in [-0.39, 0.29) is 0 Å². The largest absolute Gasteiger partial charge is 0.376 e. The van der Waals surface area contributed by atoms with Gasteiger partial charge in [0, 0.05) is 0 Å². The Morgan fingerprint density at radius 2 is 2.55 bits per heavy atom. The Morgan fingerprint density at radius 3 is 3.00 bits per heavy atom. The van der Waals surface area contributed by atoms with E-state index < -0.39 is 6.10 Å². The van der Waals surface area contributed by atoms with Crippen molar-refractivity contribution < 1.29 is 5.11 Å². The molecule has 0 spiro atoms. The molecule has 1 rings (SSSR count). The first-order valence-electron chi connectivity index (χ1n) is 4.07. The molecule has 0 bridgehead atoms. The first-order valence-corrected chi connectivity index (χ1v) is 4.07. The fourth-order valence-electron chi connectivity index (χ4n) is 1.34. The zero-order valence-corrected chi connectivity index (χ0v) is 6.88. The zero-order chi connectivity index (χ0) is 8.27. The Kier molecular flexibility index (Phi) is 2.73. The van der Waals surface area contributed by atoms with Gasteiger partial charge in [0.05, 0.1) is 0 Å². The van der Waals surface area contributed by atoms with Gasteiger partial charge in [-0.3, -0.25) is 0 Å². The summed E-state index contributed by atoms with van der Waals surface area (Å²) in [5.41, 5.74) is 1.03. The molecule has 60 valence electrons. The van der Waals surface area contributed by atoms with Crippen LogP contribution < -0.4 is 0 Å². The van der Waals surface area contributed by atoms with Crippen molar-refractivity contribution in [1.29, 1.82) is 0 Å². The second-order valence-corrected chi connectivity index (χ2v) is 3.23. The van der Waals surface area contributed by atoms with Crippen LogP contribution in [0, 0.1) is 18.3 Å². The zero-order valence-electron chi connectivity index (χ0n) is 6.88. The average Bonchev–Trinajstić information content (AvgIpc) is 2.05. The molecule has 0 saturated heterocycles. The molecule has 0 heterocycles. The van der Waals surface area contributed by atoms with E-state index in [0.717, 1.165) is 30.8 Å². The molecule has 1 N–H and O–H groups in total. The van der Waals surface area contributed by atoms with Crippen molar-refractivity contribution in [3.63, 3.8) is 0 Å². The van der Waals surface area contributed by atoms with E-state index >= 15 is 0 Å². The predicted molar refractivity (Wildman–Crippen MR) is 45.9 cm³/mol. The lowest BCUT2D eigenvalue weighted by atomic mass is 9.89. The molecule has 0 aromatic carbocycles. The van der Waals surface area contributed by atoms with Gasteiger partial charge in [0.2, 0.25) is 0 Å². The van der Waals surface area contributed by atoms with Crippen LogP contribution >= 0.6 is 0 Å². The van der Waals surface area contributed by atoms with Gasteiger partial charge < -0.3 is 5.11 Å². The molecule has 1 nitrogen and oxygen atoms in total. The molecule has 0 radical (unpaired) electrons. The van der Waals surface area contributed by atoms with Crippen LogP contribution in [0.15, 0.2) is 11.6 Å². The quantitative estimate of drug-likeness (QED) is 0.446. The normalized spacial score (nSPS) is 27.0. The maximum atomic E-state index is 9.26. The van der Waals surface area contributed by atoms with Crippen LogP contribution in [0.4, 0.5) is 0 Å². The summed E-state index contributed by atoms with van der Waals surface area (Å²) in [5, 5.41) is 9.26. The molecule has 0 amide bonds. The van der Waals surface area contributed by atoms with Gasteiger partial charge in [-0.15, -0.1) is 6.42 Å². The summed E-state index contributed by atoms with van der Waals surface area (Å²) in [5.74, 6) is 3.09. The summed E-state index contributed by atoms with van der Waals surface area (Å²) in [7, 11) is 0. The van der Waals surface area contributed by atoms with Crippen molar-refractivity contribution in [3.05, 3.63) is 11.6 Å². The van der Waals surface area contributed by atoms with Crippen molar-refractivity contribution in [2.45, 2.75) is 32.3 Å². The average molecular weight is 150 g/mol. The van der Waals surface area contributed by atoms with Gasteiger partial charge in [0.15, 0.2) is 0 Å². The molecule has 0 aromatic heterocycles. The minimum absolute atomic E-state index is 0.637. The molecular formula is C10H14O. The highest BCUT2D eigenvalue weighted by Gasteiger charge is 2.14. The highest BCUT2D eigenvalue weighted by atomic mass is 16.3. The third-order valence-corrected chi connectivity index (χ3v) is 2.22. The van der Waals surface area contributed by atoms with Crippen LogP contribution in [0.2, 0.25) is 0 Å². The van der Waals surface area contributed by atoms with Crippen LogP contribution in [0.25, 0.3) is 0 Å². The van der Waals surface area contributed by atoms with E-state index in [9.17, 15) is 5.11 Å². The highest BCUT2D eigenvalue weighted by molar-refractivity contribution is 5.20. The van der Waals surface area contributed by atoms with Gasteiger partial charge in [0.25, 0.3) is 0 Å². The van der Waals surface area contributed by atoms with Gasteiger partial charge in [-0.1, -0.05) is 18.9 Å². The molecule has 0 aliphatic heterocycles. The Bertz CT molecular complexity index is 197. The lowest BCUT2D eigenvalue weighted by Gasteiger charge is -2.19. The van der Waals surface area contributed by atoms with Crippen LogP contribution in [0.1, 0.15) is 26.2 Å². The fourth-order valence-corrected chi connectivity index (χ4v) is 1.34. The minimum atomic E-state index is -0.637. The summed E-state index contributed by atoms with van der Waals surface area (Å²) in [6.45, 7) is 2.22. The number of rotatable bonds is 1. The lowest BCUT2D eigenvalue weighted by molar-refractivity contribution is 0.257. The summed E-state index contributed by atoms with van der Waals surface area (Å²) in [4.78, 5) is 0. The molecule has 0 saturated carbocycles. The summed E-state index contributed by atoms with van der Waals surface area (Å²) in [6.07, 6.45) is 9.73. The van der Waals surface area contributed by atoms with E-state index in [4.69, 9.17) is 6.42 Å². The molecule has 1 aliphatic carbocycles. The monoisotopic (exact) mass is 150 g/mol. The number of allylic oxidation sites excluding steroid dienone is 1. The van der Waals surface area contributed by atoms with E-state index in [2.05, 4.69) is 18.9 Å². The number of terminal acetylenes is 1. The van der Waals surface area contributed by atoms with Crippen molar-refractivity contribution in [1.82, 2.24) is 0 Å². The number of aliphatic hydroxyl groups excluding tert-OH is 1. The van der Waals surface area contributed by atoms with Crippen LogP contribution in [0.3, 0.4) is 0 Å². The summed E-state index contributed by atoms with van der Waals surface area (Å²) < 4.78 is 0. The van der Waals surface area contributed by atoms with Gasteiger partial charge in [-0.2, -0.15) is 0 Å². The third kappa shape index (κ3) is 2.10. The molecule has 2 atom stereocenters. The van der Waals surface area contributed by atoms with E-state index in [1.807, 2.05) is 0 Å². The van der Waals surface area contributed by atoms with Crippen molar-refractivity contribution in [2.24, 2.45) is 5.92 Å². The van der Waals surface area contributed by atoms with E-state index in [1.165, 1.54) is 0 Å². The Morgan fingerprint density at radius 1 is 1.82 bits per heavy atom. The summed E-state index contributed by atoms with van der Waals surface area (Å²) >= 11 is 0. The van der Waals surface area contributed by atoms with E-state index in [1.54, 1.807) is 0 Å². The van der Waals surface area contributed by atoms with Crippen LogP contribution in [-0.4, -0.2) is 11.2 Å².